The smallest absolute Gasteiger partial charge is 0.328 e. The van der Waals surface area contributed by atoms with Crippen molar-refractivity contribution in [2.45, 2.75) is 31.5 Å². The van der Waals surface area contributed by atoms with Crippen molar-refractivity contribution in [2.24, 2.45) is 5.73 Å². The zero-order chi connectivity index (χ0) is 13.3. The highest BCUT2D eigenvalue weighted by Gasteiger charge is 2.41. The summed E-state index contributed by atoms with van der Waals surface area (Å²) in [5.41, 5.74) is 2.87. The number of nitrogens with two attached hydrogens (primary N) is 1. The fourth-order valence-corrected chi connectivity index (χ4v) is 1.98. The number of aliphatic carboxylic acids is 1. The zero-order valence-corrected chi connectivity index (χ0v) is 11.3. The molecular weight excluding hydrogens is 289 g/mol. The summed E-state index contributed by atoms with van der Waals surface area (Å²) in [4.78, 5) is 11.3. The summed E-state index contributed by atoms with van der Waals surface area (Å²) in [6.07, 6.45) is -0.281. The minimum Gasteiger partial charge on any atom is -0.480 e. The number of benzene rings is 1. The lowest BCUT2D eigenvalue weighted by atomic mass is 9.82. The molecule has 17 heavy (non-hydrogen) atoms. The highest BCUT2D eigenvalue weighted by atomic mass is 79.9. The third kappa shape index (κ3) is 3.51. The largest absolute Gasteiger partial charge is 0.480 e. The van der Waals surface area contributed by atoms with E-state index in [9.17, 15) is 14.3 Å². The van der Waals surface area contributed by atoms with Crippen LogP contribution in [0.15, 0.2) is 28.7 Å². The van der Waals surface area contributed by atoms with Gasteiger partial charge in [0.1, 0.15) is 11.2 Å². The van der Waals surface area contributed by atoms with Crippen LogP contribution in [-0.2, 0) is 10.3 Å². The Hall–Kier alpha value is -0.940. The van der Waals surface area contributed by atoms with Gasteiger partial charge in [0.15, 0.2) is 0 Å². The number of carboxylic acids is 1. The Balaban J connectivity index is 3.16. The van der Waals surface area contributed by atoms with Crippen LogP contribution in [0, 0.1) is 0 Å². The molecule has 0 aliphatic rings. The number of halogens is 2. The molecular formula is C12H15BrFNO2. The maximum atomic E-state index is 13.7. The molecule has 1 rings (SSSR count). The van der Waals surface area contributed by atoms with Crippen LogP contribution in [0.1, 0.15) is 25.8 Å². The van der Waals surface area contributed by atoms with Gasteiger partial charge in [0.05, 0.1) is 0 Å². The fourth-order valence-electron chi connectivity index (χ4n) is 1.71. The molecule has 1 atom stereocenters. The minimum atomic E-state index is -1.71. The zero-order valence-electron chi connectivity index (χ0n) is 9.71. The van der Waals surface area contributed by atoms with Crippen molar-refractivity contribution in [1.82, 2.24) is 0 Å². The maximum absolute atomic E-state index is 13.7. The molecule has 0 bridgehead atoms. The Morgan fingerprint density at radius 1 is 1.41 bits per heavy atom. The molecule has 0 aliphatic carbocycles. The third-order valence-corrected chi connectivity index (χ3v) is 2.97. The normalized spacial score (nSPS) is 15.4. The van der Waals surface area contributed by atoms with E-state index in [0.717, 1.165) is 4.47 Å². The lowest BCUT2D eigenvalue weighted by Crippen LogP contribution is -2.48. The van der Waals surface area contributed by atoms with Gasteiger partial charge >= 0.3 is 5.97 Å². The van der Waals surface area contributed by atoms with E-state index in [1.165, 1.54) is 13.8 Å². The Morgan fingerprint density at radius 3 is 2.24 bits per heavy atom. The highest BCUT2D eigenvalue weighted by molar-refractivity contribution is 9.10. The first kappa shape index (κ1) is 14.1. The maximum Gasteiger partial charge on any atom is 0.328 e. The topological polar surface area (TPSA) is 63.3 Å². The first-order valence-electron chi connectivity index (χ1n) is 5.12. The van der Waals surface area contributed by atoms with Crippen LogP contribution in [0.2, 0.25) is 0 Å². The van der Waals surface area contributed by atoms with Gasteiger partial charge in [0.2, 0.25) is 0 Å². The third-order valence-electron chi connectivity index (χ3n) is 2.44. The van der Waals surface area contributed by atoms with Crippen LogP contribution in [0.5, 0.6) is 0 Å². The van der Waals surface area contributed by atoms with E-state index >= 15 is 0 Å². The molecule has 0 radical (unpaired) electrons. The molecule has 0 aliphatic heterocycles. The second-order valence-corrected chi connectivity index (χ2v) is 5.59. The second-order valence-electron chi connectivity index (χ2n) is 4.68. The molecule has 1 aromatic carbocycles. The summed E-state index contributed by atoms with van der Waals surface area (Å²) in [6.45, 7) is 2.63. The van der Waals surface area contributed by atoms with E-state index in [1.807, 2.05) is 0 Å². The SMILES string of the molecule is CC(C)(F)CC(N)(C(=O)O)c1ccc(Br)cc1. The fraction of sp³-hybridized carbons (Fsp3) is 0.417. The average molecular weight is 304 g/mol. The number of hydrogen-bond donors (Lipinski definition) is 2. The quantitative estimate of drug-likeness (QED) is 0.899. The van der Waals surface area contributed by atoms with Gasteiger partial charge in [-0.3, -0.25) is 0 Å². The number of hydrogen-bond acceptors (Lipinski definition) is 2. The van der Waals surface area contributed by atoms with Crippen LogP contribution < -0.4 is 5.73 Å². The van der Waals surface area contributed by atoms with E-state index in [2.05, 4.69) is 15.9 Å². The van der Waals surface area contributed by atoms with Crippen LogP contribution >= 0.6 is 15.9 Å². The molecule has 0 aromatic heterocycles. The first-order valence-corrected chi connectivity index (χ1v) is 5.92. The summed E-state index contributed by atoms with van der Waals surface area (Å²) in [7, 11) is 0. The summed E-state index contributed by atoms with van der Waals surface area (Å²) in [5.74, 6) is -1.23. The molecule has 3 N–H and O–H groups in total. The van der Waals surface area contributed by atoms with Gasteiger partial charge in [-0.25, -0.2) is 9.18 Å². The van der Waals surface area contributed by atoms with Gasteiger partial charge < -0.3 is 10.8 Å². The summed E-state index contributed by atoms with van der Waals surface area (Å²) in [6, 6.07) is 6.55. The first-order chi connectivity index (χ1) is 7.65. The molecule has 0 saturated heterocycles. The van der Waals surface area contributed by atoms with Gasteiger partial charge in [0, 0.05) is 10.9 Å². The number of carboxylic acid groups (broad SMARTS) is 1. The molecule has 94 valence electrons. The Bertz CT molecular complexity index is 414. The standard InChI is InChI=1S/C12H15BrFNO2/c1-11(2,14)7-12(15,10(16)17)8-3-5-9(13)6-4-8/h3-6H,7,15H2,1-2H3,(H,16,17). The molecule has 0 fully saturated rings. The van der Waals surface area contributed by atoms with Crippen molar-refractivity contribution in [2.75, 3.05) is 0 Å². The predicted molar refractivity (Wildman–Crippen MR) is 67.4 cm³/mol. The number of carbonyl (C=O) groups is 1. The lowest BCUT2D eigenvalue weighted by Gasteiger charge is -2.30. The summed E-state index contributed by atoms with van der Waals surface area (Å²) >= 11 is 3.25. The van der Waals surface area contributed by atoms with Crippen molar-refractivity contribution in [3.05, 3.63) is 34.3 Å². The number of alkyl halides is 1. The van der Waals surface area contributed by atoms with Crippen LogP contribution in [0.4, 0.5) is 4.39 Å². The molecule has 3 nitrogen and oxygen atoms in total. The van der Waals surface area contributed by atoms with Crippen LogP contribution in [-0.4, -0.2) is 16.7 Å². The van der Waals surface area contributed by atoms with Crippen molar-refractivity contribution >= 4 is 21.9 Å². The Kier molecular flexibility index (Phi) is 3.94. The monoisotopic (exact) mass is 303 g/mol. The van der Waals surface area contributed by atoms with E-state index < -0.39 is 17.2 Å². The van der Waals surface area contributed by atoms with Gasteiger partial charge in [-0.15, -0.1) is 0 Å². The summed E-state index contributed by atoms with van der Waals surface area (Å²) in [5, 5.41) is 9.22. The lowest BCUT2D eigenvalue weighted by molar-refractivity contribution is -0.145. The molecule has 0 amide bonds. The second kappa shape index (κ2) is 4.74. The van der Waals surface area contributed by atoms with E-state index in [1.54, 1.807) is 24.3 Å². The van der Waals surface area contributed by atoms with E-state index in [0.29, 0.717) is 5.56 Å². The minimum absolute atomic E-state index is 0.281. The van der Waals surface area contributed by atoms with E-state index in [4.69, 9.17) is 5.73 Å². The van der Waals surface area contributed by atoms with Crippen LogP contribution in [0.3, 0.4) is 0 Å². The van der Waals surface area contributed by atoms with Crippen molar-refractivity contribution in [3.63, 3.8) is 0 Å². The molecule has 5 heteroatoms. The summed E-state index contributed by atoms with van der Waals surface area (Å²) < 4.78 is 14.5. The average Bonchev–Trinajstić information content (AvgIpc) is 2.15. The molecule has 1 unspecified atom stereocenters. The van der Waals surface area contributed by atoms with Crippen molar-refractivity contribution in [3.8, 4) is 0 Å². The molecule has 1 aromatic rings. The molecule has 0 spiro atoms. The van der Waals surface area contributed by atoms with Gasteiger partial charge in [-0.2, -0.15) is 0 Å². The van der Waals surface area contributed by atoms with Crippen molar-refractivity contribution in [1.29, 1.82) is 0 Å². The number of rotatable bonds is 4. The van der Waals surface area contributed by atoms with Gasteiger partial charge in [-0.05, 0) is 31.5 Å². The van der Waals surface area contributed by atoms with Gasteiger partial charge in [0.25, 0.3) is 0 Å². The Morgan fingerprint density at radius 2 is 1.88 bits per heavy atom. The molecule has 0 saturated carbocycles. The van der Waals surface area contributed by atoms with Crippen LogP contribution in [0.25, 0.3) is 0 Å². The van der Waals surface area contributed by atoms with E-state index in [-0.39, 0.29) is 6.42 Å². The highest BCUT2D eigenvalue weighted by Crippen LogP contribution is 2.31. The molecule has 0 heterocycles. The van der Waals surface area contributed by atoms with Crippen molar-refractivity contribution < 1.29 is 14.3 Å². The predicted octanol–water partition coefficient (Wildman–Crippen LogP) is 2.83. The van der Waals surface area contributed by atoms with Gasteiger partial charge in [-0.1, -0.05) is 28.1 Å². The Labute approximate surface area is 108 Å².